The molecule has 0 unspecified atom stereocenters. The molecule has 3 amide bonds. The van der Waals surface area contributed by atoms with Crippen molar-refractivity contribution >= 4 is 17.6 Å². The number of nitrogens with zero attached hydrogens (tertiary/aromatic N) is 3. The van der Waals surface area contributed by atoms with Crippen molar-refractivity contribution in [1.29, 1.82) is 0 Å². The Labute approximate surface area is 142 Å². The summed E-state index contributed by atoms with van der Waals surface area (Å²) >= 11 is 0. The van der Waals surface area contributed by atoms with Gasteiger partial charge < -0.3 is 15.5 Å². The first-order valence-corrected chi connectivity index (χ1v) is 8.68. The molecular formula is C17H25N5O2. The standard InChI is InChI=1S/C17H25N5O2/c23-16(14-3-1-4-14)22-11-9-21(10-12-22)8-7-19-17(24)20-15-5-2-6-18-13-15/h2,5-6,13-14H,1,3-4,7-12H2,(H2,19,20,24). The summed E-state index contributed by atoms with van der Waals surface area (Å²) < 4.78 is 0. The molecule has 1 aliphatic heterocycles. The van der Waals surface area contributed by atoms with Gasteiger partial charge in [0.2, 0.25) is 5.91 Å². The van der Waals surface area contributed by atoms with Gasteiger partial charge in [0.1, 0.15) is 0 Å². The third-order valence-electron chi connectivity index (χ3n) is 4.77. The molecule has 1 aliphatic carbocycles. The van der Waals surface area contributed by atoms with E-state index in [9.17, 15) is 9.59 Å². The molecule has 3 rings (SSSR count). The Hall–Kier alpha value is -2.15. The first kappa shape index (κ1) is 16.7. The van der Waals surface area contributed by atoms with Crippen molar-refractivity contribution in [3.8, 4) is 0 Å². The van der Waals surface area contributed by atoms with E-state index in [-0.39, 0.29) is 11.9 Å². The van der Waals surface area contributed by atoms with E-state index in [0.29, 0.717) is 18.1 Å². The Morgan fingerprint density at radius 2 is 2.00 bits per heavy atom. The predicted molar refractivity (Wildman–Crippen MR) is 91.6 cm³/mol. The van der Waals surface area contributed by atoms with Gasteiger partial charge in [-0.05, 0) is 25.0 Å². The number of carbonyl (C=O) groups excluding carboxylic acids is 2. The summed E-state index contributed by atoms with van der Waals surface area (Å²) in [6.07, 6.45) is 6.60. The lowest BCUT2D eigenvalue weighted by Crippen LogP contribution is -2.52. The smallest absolute Gasteiger partial charge is 0.319 e. The van der Waals surface area contributed by atoms with Crippen LogP contribution in [0.5, 0.6) is 0 Å². The quantitative estimate of drug-likeness (QED) is 0.848. The number of hydrogen-bond acceptors (Lipinski definition) is 4. The van der Waals surface area contributed by atoms with Gasteiger partial charge in [-0.1, -0.05) is 6.42 Å². The van der Waals surface area contributed by atoms with Crippen molar-refractivity contribution < 1.29 is 9.59 Å². The van der Waals surface area contributed by atoms with Crippen molar-refractivity contribution in [1.82, 2.24) is 20.1 Å². The number of anilines is 1. The molecule has 24 heavy (non-hydrogen) atoms. The molecule has 0 aromatic carbocycles. The molecule has 2 fully saturated rings. The van der Waals surface area contributed by atoms with Gasteiger partial charge in [-0.25, -0.2) is 4.79 Å². The molecule has 0 bridgehead atoms. The maximum atomic E-state index is 12.2. The topological polar surface area (TPSA) is 77.6 Å². The van der Waals surface area contributed by atoms with Crippen LogP contribution in [0.1, 0.15) is 19.3 Å². The van der Waals surface area contributed by atoms with Crippen molar-refractivity contribution in [2.24, 2.45) is 5.92 Å². The number of hydrogen-bond donors (Lipinski definition) is 2. The second-order valence-corrected chi connectivity index (χ2v) is 6.42. The van der Waals surface area contributed by atoms with Gasteiger partial charge in [0.25, 0.3) is 0 Å². The number of carbonyl (C=O) groups is 2. The minimum atomic E-state index is -0.221. The lowest BCUT2D eigenvalue weighted by Gasteiger charge is -2.38. The molecule has 7 heteroatoms. The number of pyridine rings is 1. The van der Waals surface area contributed by atoms with Crippen molar-refractivity contribution in [3.63, 3.8) is 0 Å². The summed E-state index contributed by atoms with van der Waals surface area (Å²) in [5, 5.41) is 5.59. The number of urea groups is 1. The summed E-state index contributed by atoms with van der Waals surface area (Å²) in [6, 6.07) is 3.35. The first-order valence-electron chi connectivity index (χ1n) is 8.68. The maximum absolute atomic E-state index is 12.2. The molecule has 2 heterocycles. The fourth-order valence-electron chi connectivity index (χ4n) is 3.04. The predicted octanol–water partition coefficient (Wildman–Crippen LogP) is 1.15. The van der Waals surface area contributed by atoms with Crippen LogP contribution in [0.25, 0.3) is 0 Å². The van der Waals surface area contributed by atoms with Gasteiger partial charge in [-0.2, -0.15) is 0 Å². The number of aromatic nitrogens is 1. The molecule has 0 spiro atoms. The van der Waals surface area contributed by atoms with E-state index in [1.54, 1.807) is 24.5 Å². The average Bonchev–Trinajstić information content (AvgIpc) is 2.55. The Kier molecular flexibility index (Phi) is 5.63. The van der Waals surface area contributed by atoms with Crippen LogP contribution >= 0.6 is 0 Å². The summed E-state index contributed by atoms with van der Waals surface area (Å²) in [6.45, 7) is 4.75. The maximum Gasteiger partial charge on any atom is 0.319 e. The van der Waals surface area contributed by atoms with Gasteiger partial charge in [0, 0.05) is 51.4 Å². The first-order chi connectivity index (χ1) is 11.7. The third kappa shape index (κ3) is 4.44. The van der Waals surface area contributed by atoms with Gasteiger partial charge in [-0.15, -0.1) is 0 Å². The van der Waals surface area contributed by atoms with Crippen LogP contribution in [0.4, 0.5) is 10.5 Å². The Bertz CT molecular complexity index is 553. The van der Waals surface area contributed by atoms with E-state index < -0.39 is 0 Å². The molecule has 1 aromatic rings. The Balaban J connectivity index is 1.30. The van der Waals surface area contributed by atoms with Crippen molar-refractivity contribution in [2.45, 2.75) is 19.3 Å². The zero-order chi connectivity index (χ0) is 16.8. The van der Waals surface area contributed by atoms with Crippen LogP contribution < -0.4 is 10.6 Å². The SMILES string of the molecule is O=C(NCCN1CCN(C(=O)C2CCC2)CC1)Nc1cccnc1. The monoisotopic (exact) mass is 331 g/mol. The second-order valence-electron chi connectivity index (χ2n) is 6.42. The zero-order valence-electron chi connectivity index (χ0n) is 13.9. The summed E-state index contributed by atoms with van der Waals surface area (Å²) in [5.74, 6) is 0.629. The largest absolute Gasteiger partial charge is 0.340 e. The molecule has 0 radical (unpaired) electrons. The third-order valence-corrected chi connectivity index (χ3v) is 4.77. The molecule has 1 saturated carbocycles. The van der Waals surface area contributed by atoms with Gasteiger partial charge in [0.15, 0.2) is 0 Å². The number of nitrogens with one attached hydrogen (secondary N) is 2. The Morgan fingerprint density at radius 1 is 1.21 bits per heavy atom. The number of amides is 3. The highest BCUT2D eigenvalue weighted by Gasteiger charge is 2.30. The second kappa shape index (κ2) is 8.10. The van der Waals surface area contributed by atoms with E-state index in [4.69, 9.17) is 0 Å². The highest BCUT2D eigenvalue weighted by Crippen LogP contribution is 2.28. The van der Waals surface area contributed by atoms with E-state index in [1.807, 2.05) is 4.90 Å². The number of piperazine rings is 1. The van der Waals surface area contributed by atoms with E-state index in [1.165, 1.54) is 6.42 Å². The molecule has 130 valence electrons. The molecule has 7 nitrogen and oxygen atoms in total. The van der Waals surface area contributed by atoms with Crippen LogP contribution in [0.2, 0.25) is 0 Å². The van der Waals surface area contributed by atoms with E-state index in [0.717, 1.165) is 45.6 Å². The number of rotatable bonds is 5. The lowest BCUT2D eigenvalue weighted by molar-refractivity contribution is -0.139. The lowest BCUT2D eigenvalue weighted by atomic mass is 9.84. The van der Waals surface area contributed by atoms with Crippen LogP contribution in [0, 0.1) is 5.92 Å². The average molecular weight is 331 g/mol. The molecule has 1 saturated heterocycles. The summed E-state index contributed by atoms with van der Waals surface area (Å²) in [7, 11) is 0. The van der Waals surface area contributed by atoms with Gasteiger partial charge in [0.05, 0.1) is 11.9 Å². The highest BCUT2D eigenvalue weighted by atomic mass is 16.2. The highest BCUT2D eigenvalue weighted by molar-refractivity contribution is 5.88. The van der Waals surface area contributed by atoms with Gasteiger partial charge >= 0.3 is 6.03 Å². The van der Waals surface area contributed by atoms with E-state index in [2.05, 4.69) is 20.5 Å². The minimum Gasteiger partial charge on any atom is -0.340 e. The summed E-state index contributed by atoms with van der Waals surface area (Å²) in [5.41, 5.74) is 0.679. The van der Waals surface area contributed by atoms with E-state index >= 15 is 0 Å². The van der Waals surface area contributed by atoms with Crippen LogP contribution in [0.3, 0.4) is 0 Å². The Morgan fingerprint density at radius 3 is 2.62 bits per heavy atom. The molecule has 0 atom stereocenters. The molecule has 2 aliphatic rings. The van der Waals surface area contributed by atoms with Crippen molar-refractivity contribution in [3.05, 3.63) is 24.5 Å². The zero-order valence-corrected chi connectivity index (χ0v) is 13.9. The minimum absolute atomic E-state index is 0.221. The fraction of sp³-hybridized carbons (Fsp3) is 0.588. The van der Waals surface area contributed by atoms with Crippen LogP contribution in [-0.4, -0.2) is 66.0 Å². The normalized spacial score (nSPS) is 18.8. The van der Waals surface area contributed by atoms with Gasteiger partial charge in [-0.3, -0.25) is 14.7 Å². The van der Waals surface area contributed by atoms with Crippen LogP contribution in [-0.2, 0) is 4.79 Å². The van der Waals surface area contributed by atoms with Crippen molar-refractivity contribution in [2.75, 3.05) is 44.6 Å². The summed E-state index contributed by atoms with van der Waals surface area (Å²) in [4.78, 5) is 32.2. The molecule has 2 N–H and O–H groups in total. The fourth-order valence-corrected chi connectivity index (χ4v) is 3.04. The van der Waals surface area contributed by atoms with Crippen LogP contribution in [0.15, 0.2) is 24.5 Å². The molecule has 1 aromatic heterocycles. The molecular weight excluding hydrogens is 306 g/mol.